The Morgan fingerprint density at radius 3 is 2.50 bits per heavy atom. The first-order chi connectivity index (χ1) is 6.74. The zero-order valence-electron chi connectivity index (χ0n) is 8.75. The van der Waals surface area contributed by atoms with Gasteiger partial charge < -0.3 is 4.74 Å². The maximum absolute atomic E-state index is 11.6. The van der Waals surface area contributed by atoms with E-state index in [1.54, 1.807) is 0 Å². The van der Waals surface area contributed by atoms with Crippen LogP contribution in [0.1, 0.15) is 29.3 Å². The van der Waals surface area contributed by atoms with Gasteiger partial charge in [0.25, 0.3) is 0 Å². The third-order valence-corrected chi connectivity index (χ3v) is 2.05. The highest BCUT2D eigenvalue weighted by Gasteiger charge is 2.04. The molecule has 0 aliphatic heterocycles. The van der Waals surface area contributed by atoms with Crippen LogP contribution in [0.3, 0.4) is 0 Å². The summed E-state index contributed by atoms with van der Waals surface area (Å²) in [6.07, 6.45) is 0.469. The predicted octanol–water partition coefficient (Wildman–Crippen LogP) is 2.60. The number of rotatable bonds is 5. The lowest BCUT2D eigenvalue weighted by atomic mass is 10.1. The SMILES string of the molecule is CCOCCC(=O)c1ccc(C)cc1. The summed E-state index contributed by atoms with van der Waals surface area (Å²) < 4.78 is 5.13. The lowest BCUT2D eigenvalue weighted by Gasteiger charge is -2.01. The second-order valence-electron chi connectivity index (χ2n) is 3.24. The van der Waals surface area contributed by atoms with Gasteiger partial charge in [0.1, 0.15) is 0 Å². The molecule has 2 heteroatoms. The topological polar surface area (TPSA) is 26.3 Å². The van der Waals surface area contributed by atoms with E-state index in [1.807, 2.05) is 38.1 Å². The highest BCUT2D eigenvalue weighted by Crippen LogP contribution is 2.05. The Balaban J connectivity index is 2.48. The van der Waals surface area contributed by atoms with E-state index in [4.69, 9.17) is 4.74 Å². The van der Waals surface area contributed by atoms with Gasteiger partial charge in [-0.2, -0.15) is 0 Å². The summed E-state index contributed by atoms with van der Waals surface area (Å²) >= 11 is 0. The van der Waals surface area contributed by atoms with Gasteiger partial charge in [-0.3, -0.25) is 4.79 Å². The summed E-state index contributed by atoms with van der Waals surface area (Å²) in [4.78, 5) is 11.6. The Bertz CT molecular complexity index is 288. The van der Waals surface area contributed by atoms with Crippen LogP contribution < -0.4 is 0 Å². The minimum atomic E-state index is 0.151. The maximum Gasteiger partial charge on any atom is 0.165 e. The number of carbonyl (C=O) groups is 1. The van der Waals surface area contributed by atoms with E-state index < -0.39 is 0 Å². The van der Waals surface area contributed by atoms with Gasteiger partial charge in [-0.05, 0) is 13.8 Å². The second kappa shape index (κ2) is 5.55. The van der Waals surface area contributed by atoms with Gasteiger partial charge in [0, 0.05) is 18.6 Å². The maximum atomic E-state index is 11.6. The Morgan fingerprint density at radius 2 is 1.93 bits per heavy atom. The summed E-state index contributed by atoms with van der Waals surface area (Å²) in [5, 5.41) is 0. The van der Waals surface area contributed by atoms with Crippen LogP contribution in [0.5, 0.6) is 0 Å². The first-order valence-electron chi connectivity index (χ1n) is 4.91. The Labute approximate surface area is 84.9 Å². The monoisotopic (exact) mass is 192 g/mol. The van der Waals surface area contributed by atoms with Gasteiger partial charge >= 0.3 is 0 Å². The molecule has 14 heavy (non-hydrogen) atoms. The molecule has 0 heterocycles. The quantitative estimate of drug-likeness (QED) is 0.529. The Hall–Kier alpha value is -1.15. The fourth-order valence-electron chi connectivity index (χ4n) is 1.19. The van der Waals surface area contributed by atoms with Crippen molar-refractivity contribution in [1.82, 2.24) is 0 Å². The van der Waals surface area contributed by atoms with Crippen molar-refractivity contribution >= 4 is 5.78 Å². The van der Waals surface area contributed by atoms with Crippen LogP contribution in [0.2, 0.25) is 0 Å². The molecule has 0 saturated heterocycles. The van der Waals surface area contributed by atoms with E-state index in [9.17, 15) is 4.79 Å². The summed E-state index contributed by atoms with van der Waals surface area (Å²) in [6, 6.07) is 7.63. The van der Waals surface area contributed by atoms with Gasteiger partial charge in [0.05, 0.1) is 6.61 Å². The molecule has 0 aromatic heterocycles. The van der Waals surface area contributed by atoms with Crippen LogP contribution in [0.25, 0.3) is 0 Å². The van der Waals surface area contributed by atoms with Crippen LogP contribution in [-0.2, 0) is 4.74 Å². The fraction of sp³-hybridized carbons (Fsp3) is 0.417. The van der Waals surface area contributed by atoms with Crippen molar-refractivity contribution in [3.05, 3.63) is 35.4 Å². The van der Waals surface area contributed by atoms with Crippen LogP contribution >= 0.6 is 0 Å². The van der Waals surface area contributed by atoms with E-state index in [0.717, 1.165) is 5.56 Å². The van der Waals surface area contributed by atoms with E-state index >= 15 is 0 Å². The smallest absolute Gasteiger partial charge is 0.165 e. The van der Waals surface area contributed by atoms with E-state index in [0.29, 0.717) is 19.6 Å². The Kier molecular flexibility index (Phi) is 4.33. The van der Waals surface area contributed by atoms with Crippen molar-refractivity contribution in [2.24, 2.45) is 0 Å². The molecule has 1 aromatic rings. The zero-order valence-corrected chi connectivity index (χ0v) is 8.75. The number of aryl methyl sites for hydroxylation is 1. The number of hydrogen-bond donors (Lipinski definition) is 0. The number of ketones is 1. The molecular weight excluding hydrogens is 176 g/mol. The van der Waals surface area contributed by atoms with Crippen molar-refractivity contribution in [3.63, 3.8) is 0 Å². The molecular formula is C12H16O2. The third-order valence-electron chi connectivity index (χ3n) is 2.05. The molecule has 0 spiro atoms. The summed E-state index contributed by atoms with van der Waals surface area (Å²) in [5.74, 6) is 0.151. The van der Waals surface area contributed by atoms with E-state index in [-0.39, 0.29) is 5.78 Å². The molecule has 0 atom stereocenters. The molecule has 1 rings (SSSR count). The molecule has 0 saturated carbocycles. The summed E-state index contributed by atoms with van der Waals surface area (Å²) in [7, 11) is 0. The van der Waals surface area contributed by atoms with Crippen LogP contribution in [0.15, 0.2) is 24.3 Å². The molecule has 0 fully saturated rings. The normalized spacial score (nSPS) is 10.1. The molecule has 1 aromatic carbocycles. The van der Waals surface area contributed by atoms with Crippen molar-refractivity contribution in [3.8, 4) is 0 Å². The first-order valence-corrected chi connectivity index (χ1v) is 4.91. The standard InChI is InChI=1S/C12H16O2/c1-3-14-9-8-12(13)11-6-4-10(2)5-7-11/h4-7H,3,8-9H2,1-2H3. The number of benzene rings is 1. The molecule has 2 nitrogen and oxygen atoms in total. The number of carbonyl (C=O) groups excluding carboxylic acids is 1. The molecule has 0 unspecified atom stereocenters. The van der Waals surface area contributed by atoms with Crippen molar-refractivity contribution in [2.75, 3.05) is 13.2 Å². The zero-order chi connectivity index (χ0) is 10.4. The molecule has 0 radical (unpaired) electrons. The van der Waals surface area contributed by atoms with Crippen LogP contribution in [-0.4, -0.2) is 19.0 Å². The predicted molar refractivity (Wildman–Crippen MR) is 56.6 cm³/mol. The number of Topliss-reactive ketones (excluding diaryl/α,β-unsaturated/α-hetero) is 1. The Morgan fingerprint density at radius 1 is 1.29 bits per heavy atom. The molecule has 0 N–H and O–H groups in total. The molecule has 0 amide bonds. The third kappa shape index (κ3) is 3.30. The fourth-order valence-corrected chi connectivity index (χ4v) is 1.19. The van der Waals surface area contributed by atoms with E-state index in [2.05, 4.69) is 0 Å². The number of hydrogen-bond acceptors (Lipinski definition) is 2. The summed E-state index contributed by atoms with van der Waals surface area (Å²) in [5.41, 5.74) is 1.95. The van der Waals surface area contributed by atoms with Gasteiger partial charge in [0.15, 0.2) is 5.78 Å². The molecule has 0 aliphatic rings. The lowest BCUT2D eigenvalue weighted by Crippen LogP contribution is -2.04. The molecule has 0 bridgehead atoms. The minimum absolute atomic E-state index is 0.151. The highest BCUT2D eigenvalue weighted by atomic mass is 16.5. The largest absolute Gasteiger partial charge is 0.381 e. The first kappa shape index (κ1) is 10.9. The number of ether oxygens (including phenoxy) is 1. The van der Waals surface area contributed by atoms with Gasteiger partial charge in [-0.25, -0.2) is 0 Å². The average molecular weight is 192 g/mol. The molecule has 0 aliphatic carbocycles. The van der Waals surface area contributed by atoms with E-state index in [1.165, 1.54) is 5.56 Å². The van der Waals surface area contributed by atoms with Gasteiger partial charge in [-0.15, -0.1) is 0 Å². The van der Waals surface area contributed by atoms with Crippen LogP contribution in [0.4, 0.5) is 0 Å². The minimum Gasteiger partial charge on any atom is -0.381 e. The summed E-state index contributed by atoms with van der Waals surface area (Å²) in [6.45, 7) is 5.12. The van der Waals surface area contributed by atoms with Gasteiger partial charge in [0.2, 0.25) is 0 Å². The molecule has 76 valence electrons. The average Bonchev–Trinajstić information content (AvgIpc) is 2.19. The lowest BCUT2D eigenvalue weighted by molar-refractivity contribution is 0.0896. The van der Waals surface area contributed by atoms with Crippen molar-refractivity contribution < 1.29 is 9.53 Å². The van der Waals surface area contributed by atoms with Crippen molar-refractivity contribution in [1.29, 1.82) is 0 Å². The van der Waals surface area contributed by atoms with Gasteiger partial charge in [-0.1, -0.05) is 29.8 Å². The highest BCUT2D eigenvalue weighted by molar-refractivity contribution is 5.96. The van der Waals surface area contributed by atoms with Crippen molar-refractivity contribution in [2.45, 2.75) is 20.3 Å². The second-order valence-corrected chi connectivity index (χ2v) is 3.24. The van der Waals surface area contributed by atoms with Crippen LogP contribution in [0, 0.1) is 6.92 Å².